The van der Waals surface area contributed by atoms with E-state index in [2.05, 4.69) is 40.6 Å². The SMILES string of the molecule is O=C(N[C@H]1CC12CCC(c1ccnc3ccccc13)CC2)c1ccccc1. The second-order valence-corrected chi connectivity index (χ2v) is 8.15. The van der Waals surface area contributed by atoms with Gasteiger partial charge in [-0.05, 0) is 73.3 Å². The number of carbonyl (C=O) groups excluding carboxylic acids is 1. The summed E-state index contributed by atoms with van der Waals surface area (Å²) in [7, 11) is 0. The first-order valence-corrected chi connectivity index (χ1v) is 9.95. The lowest BCUT2D eigenvalue weighted by molar-refractivity contribution is 0.0941. The molecule has 0 radical (unpaired) electrons. The average molecular weight is 356 g/mol. The molecular formula is C24H24N2O. The zero-order valence-electron chi connectivity index (χ0n) is 15.4. The van der Waals surface area contributed by atoms with Crippen molar-refractivity contribution in [1.82, 2.24) is 10.3 Å². The Morgan fingerprint density at radius 2 is 1.70 bits per heavy atom. The third kappa shape index (κ3) is 3.01. The third-order valence-electron chi connectivity index (χ3n) is 6.64. The maximum Gasteiger partial charge on any atom is 0.251 e. The lowest BCUT2D eigenvalue weighted by atomic mass is 9.76. The molecule has 2 saturated carbocycles. The summed E-state index contributed by atoms with van der Waals surface area (Å²) in [6.45, 7) is 0. The molecule has 0 saturated heterocycles. The molecule has 0 unspecified atom stereocenters. The first-order chi connectivity index (χ1) is 13.3. The molecule has 2 fully saturated rings. The van der Waals surface area contributed by atoms with Crippen LogP contribution in [0.2, 0.25) is 0 Å². The van der Waals surface area contributed by atoms with E-state index in [1.54, 1.807) is 0 Å². The van der Waals surface area contributed by atoms with Crippen molar-refractivity contribution in [2.24, 2.45) is 5.41 Å². The summed E-state index contributed by atoms with van der Waals surface area (Å²) in [6, 6.07) is 20.6. The van der Waals surface area contributed by atoms with Gasteiger partial charge in [-0.2, -0.15) is 0 Å². The minimum Gasteiger partial charge on any atom is -0.349 e. The fourth-order valence-electron chi connectivity index (χ4n) is 4.91. The molecule has 0 bridgehead atoms. The first kappa shape index (κ1) is 16.5. The number of fused-ring (bicyclic) bond motifs is 1. The van der Waals surface area contributed by atoms with Crippen LogP contribution in [0.15, 0.2) is 66.9 Å². The van der Waals surface area contributed by atoms with Crippen LogP contribution >= 0.6 is 0 Å². The maximum atomic E-state index is 12.4. The number of nitrogens with zero attached hydrogens (tertiary/aromatic N) is 1. The first-order valence-electron chi connectivity index (χ1n) is 9.95. The molecule has 136 valence electrons. The number of nitrogens with one attached hydrogen (secondary N) is 1. The van der Waals surface area contributed by atoms with E-state index in [4.69, 9.17) is 0 Å². The largest absolute Gasteiger partial charge is 0.349 e. The molecule has 3 nitrogen and oxygen atoms in total. The molecule has 5 rings (SSSR count). The van der Waals surface area contributed by atoms with Gasteiger partial charge in [-0.15, -0.1) is 0 Å². The molecule has 2 aliphatic carbocycles. The second-order valence-electron chi connectivity index (χ2n) is 8.15. The molecule has 1 atom stereocenters. The van der Waals surface area contributed by atoms with Crippen LogP contribution < -0.4 is 5.32 Å². The van der Waals surface area contributed by atoms with Gasteiger partial charge in [0.2, 0.25) is 0 Å². The van der Waals surface area contributed by atoms with Crippen LogP contribution in [0.25, 0.3) is 10.9 Å². The van der Waals surface area contributed by atoms with E-state index in [0.29, 0.717) is 17.4 Å². The van der Waals surface area contributed by atoms with Crippen LogP contribution in [0.4, 0.5) is 0 Å². The lowest BCUT2D eigenvalue weighted by Gasteiger charge is -2.30. The van der Waals surface area contributed by atoms with Gasteiger partial charge in [0.1, 0.15) is 0 Å². The fourth-order valence-corrected chi connectivity index (χ4v) is 4.91. The van der Waals surface area contributed by atoms with Gasteiger partial charge in [-0.3, -0.25) is 9.78 Å². The zero-order valence-corrected chi connectivity index (χ0v) is 15.4. The van der Waals surface area contributed by atoms with Crippen molar-refractivity contribution in [1.29, 1.82) is 0 Å². The van der Waals surface area contributed by atoms with Crippen LogP contribution in [-0.4, -0.2) is 16.9 Å². The summed E-state index contributed by atoms with van der Waals surface area (Å²) in [6.07, 6.45) is 7.89. The number of pyridine rings is 1. The second kappa shape index (κ2) is 6.49. The molecule has 1 spiro atoms. The van der Waals surface area contributed by atoms with Crippen molar-refractivity contribution < 1.29 is 4.79 Å². The topological polar surface area (TPSA) is 42.0 Å². The number of aromatic nitrogens is 1. The Balaban J connectivity index is 1.25. The Bertz CT molecular complexity index is 969. The number of hydrogen-bond donors (Lipinski definition) is 1. The molecule has 27 heavy (non-hydrogen) atoms. The lowest BCUT2D eigenvalue weighted by Crippen LogP contribution is -2.31. The molecule has 3 heteroatoms. The minimum absolute atomic E-state index is 0.0692. The van der Waals surface area contributed by atoms with Crippen molar-refractivity contribution in [2.45, 2.75) is 44.1 Å². The Hall–Kier alpha value is -2.68. The standard InChI is InChI=1S/C24H24N2O/c27-23(18-6-2-1-3-7-18)26-22-16-24(22)13-10-17(11-14-24)19-12-15-25-21-9-5-4-8-20(19)21/h1-9,12,15,17,22H,10-11,13-14,16H2,(H,26,27)/t17?,22-,24?/m0/s1. The van der Waals surface area contributed by atoms with E-state index in [1.807, 2.05) is 36.5 Å². The van der Waals surface area contributed by atoms with Crippen molar-refractivity contribution in [3.05, 3.63) is 78.0 Å². The summed E-state index contributed by atoms with van der Waals surface area (Å²) >= 11 is 0. The molecule has 3 aromatic rings. The predicted molar refractivity (Wildman–Crippen MR) is 108 cm³/mol. The minimum atomic E-state index is 0.0692. The van der Waals surface area contributed by atoms with Gasteiger partial charge >= 0.3 is 0 Å². The Morgan fingerprint density at radius 3 is 2.52 bits per heavy atom. The highest BCUT2D eigenvalue weighted by Gasteiger charge is 2.55. The number of amides is 1. The Kier molecular flexibility index (Phi) is 3.96. The maximum absolute atomic E-state index is 12.4. The Labute approximate surface area is 159 Å². The fraction of sp³-hybridized carbons (Fsp3) is 0.333. The normalized spacial score (nSPS) is 26.8. The van der Waals surface area contributed by atoms with E-state index in [0.717, 1.165) is 17.5 Å². The van der Waals surface area contributed by atoms with Crippen LogP contribution in [0.3, 0.4) is 0 Å². The van der Waals surface area contributed by atoms with E-state index in [-0.39, 0.29) is 5.91 Å². The van der Waals surface area contributed by atoms with Crippen molar-refractivity contribution in [2.75, 3.05) is 0 Å². The van der Waals surface area contributed by atoms with Crippen LogP contribution in [0, 0.1) is 5.41 Å². The number of hydrogen-bond acceptors (Lipinski definition) is 2. The highest BCUT2D eigenvalue weighted by molar-refractivity contribution is 5.94. The van der Waals surface area contributed by atoms with E-state index < -0.39 is 0 Å². The van der Waals surface area contributed by atoms with Gasteiger partial charge in [0.15, 0.2) is 0 Å². The monoisotopic (exact) mass is 356 g/mol. The summed E-state index contributed by atoms with van der Waals surface area (Å²) < 4.78 is 0. The van der Waals surface area contributed by atoms with E-state index in [1.165, 1.54) is 36.6 Å². The molecule has 1 aromatic heterocycles. The molecule has 0 aliphatic heterocycles. The van der Waals surface area contributed by atoms with Gasteiger partial charge in [0.25, 0.3) is 5.91 Å². The van der Waals surface area contributed by atoms with Gasteiger partial charge in [0.05, 0.1) is 5.52 Å². The number of rotatable bonds is 3. The van der Waals surface area contributed by atoms with E-state index in [9.17, 15) is 4.79 Å². The molecule has 1 heterocycles. The molecular weight excluding hydrogens is 332 g/mol. The zero-order chi connectivity index (χ0) is 18.3. The molecule has 2 aliphatic rings. The number of benzene rings is 2. The van der Waals surface area contributed by atoms with E-state index >= 15 is 0 Å². The Morgan fingerprint density at radius 1 is 0.963 bits per heavy atom. The van der Waals surface area contributed by atoms with Crippen molar-refractivity contribution in [3.63, 3.8) is 0 Å². The van der Waals surface area contributed by atoms with Crippen LogP contribution in [0.1, 0.15) is 53.9 Å². The van der Waals surface area contributed by atoms with Crippen molar-refractivity contribution >= 4 is 16.8 Å². The van der Waals surface area contributed by atoms with Gasteiger partial charge in [0, 0.05) is 23.2 Å². The van der Waals surface area contributed by atoms with Gasteiger partial charge in [-0.1, -0.05) is 36.4 Å². The smallest absolute Gasteiger partial charge is 0.251 e. The third-order valence-corrected chi connectivity index (χ3v) is 6.64. The van der Waals surface area contributed by atoms with Crippen LogP contribution in [0.5, 0.6) is 0 Å². The summed E-state index contributed by atoms with van der Waals surface area (Å²) in [5.74, 6) is 0.675. The molecule has 1 N–H and O–H groups in total. The summed E-state index contributed by atoms with van der Waals surface area (Å²) in [5, 5.41) is 4.56. The number of para-hydroxylation sites is 1. The van der Waals surface area contributed by atoms with Crippen LogP contribution in [-0.2, 0) is 0 Å². The van der Waals surface area contributed by atoms with Gasteiger partial charge in [-0.25, -0.2) is 0 Å². The summed E-state index contributed by atoms with van der Waals surface area (Å²) in [5.41, 5.74) is 3.64. The quantitative estimate of drug-likeness (QED) is 0.711. The molecule has 2 aromatic carbocycles. The predicted octanol–water partition coefficient (Wildman–Crippen LogP) is 5.08. The summed E-state index contributed by atoms with van der Waals surface area (Å²) in [4.78, 5) is 16.9. The highest BCUT2D eigenvalue weighted by atomic mass is 16.1. The average Bonchev–Trinajstić information content (AvgIpc) is 3.39. The molecule has 1 amide bonds. The van der Waals surface area contributed by atoms with Gasteiger partial charge < -0.3 is 5.32 Å². The van der Waals surface area contributed by atoms with Crippen molar-refractivity contribution in [3.8, 4) is 0 Å². The highest BCUT2D eigenvalue weighted by Crippen LogP contribution is 2.59. The number of carbonyl (C=O) groups is 1.